The zero-order valence-electron chi connectivity index (χ0n) is 15.2. The minimum atomic E-state index is -0.434. The Kier molecular flexibility index (Phi) is 4.71. The molecule has 0 atom stereocenters. The molecule has 1 aliphatic rings. The van der Waals surface area contributed by atoms with Gasteiger partial charge in [-0.15, -0.1) is 11.3 Å². The molecule has 0 fully saturated rings. The first-order valence-electron chi connectivity index (χ1n) is 8.54. The molecule has 140 valence electrons. The summed E-state index contributed by atoms with van der Waals surface area (Å²) in [6.07, 6.45) is 1.68. The van der Waals surface area contributed by atoms with E-state index in [4.69, 9.17) is 14.2 Å². The molecule has 6 heteroatoms. The Balaban J connectivity index is 1.60. The third-order valence-corrected chi connectivity index (χ3v) is 5.23. The van der Waals surface area contributed by atoms with E-state index in [-0.39, 0.29) is 11.5 Å². The van der Waals surface area contributed by atoms with Crippen LogP contribution in [0.2, 0.25) is 0 Å². The number of benzene rings is 2. The fraction of sp³-hybridized carbons (Fsp3) is 0.0909. The Bertz CT molecular complexity index is 1080. The molecule has 0 saturated carbocycles. The molecule has 1 aliphatic heterocycles. The highest BCUT2D eigenvalue weighted by Crippen LogP contribution is 2.39. The van der Waals surface area contributed by atoms with E-state index in [9.17, 15) is 9.59 Å². The lowest BCUT2D eigenvalue weighted by atomic mass is 10.1. The van der Waals surface area contributed by atoms with Gasteiger partial charge in [0.25, 0.3) is 0 Å². The number of hydrogen-bond donors (Lipinski definition) is 0. The van der Waals surface area contributed by atoms with Gasteiger partial charge in [-0.1, -0.05) is 18.2 Å². The molecule has 5 nitrogen and oxygen atoms in total. The molecule has 0 spiro atoms. The van der Waals surface area contributed by atoms with Crippen molar-refractivity contribution >= 4 is 29.2 Å². The predicted octanol–water partition coefficient (Wildman–Crippen LogP) is 4.90. The van der Waals surface area contributed by atoms with E-state index < -0.39 is 5.97 Å². The summed E-state index contributed by atoms with van der Waals surface area (Å²) >= 11 is 1.31. The van der Waals surface area contributed by atoms with Crippen molar-refractivity contribution < 1.29 is 23.8 Å². The smallest absolute Gasteiger partial charge is 0.353 e. The Morgan fingerprint density at radius 2 is 1.89 bits per heavy atom. The van der Waals surface area contributed by atoms with Crippen LogP contribution in [-0.2, 0) is 0 Å². The summed E-state index contributed by atoms with van der Waals surface area (Å²) in [7, 11) is 1.60. The van der Waals surface area contributed by atoms with Crippen molar-refractivity contribution in [3.8, 4) is 17.2 Å². The van der Waals surface area contributed by atoms with Gasteiger partial charge in [0.1, 0.15) is 22.1 Å². The maximum absolute atomic E-state index is 12.7. The van der Waals surface area contributed by atoms with Crippen LogP contribution in [0, 0.1) is 6.92 Å². The number of allylic oxidation sites excluding steroid dienone is 1. The summed E-state index contributed by atoms with van der Waals surface area (Å²) in [5.74, 6) is 1.11. The normalized spacial score (nSPS) is 13.9. The van der Waals surface area contributed by atoms with Gasteiger partial charge < -0.3 is 14.2 Å². The van der Waals surface area contributed by atoms with E-state index >= 15 is 0 Å². The van der Waals surface area contributed by atoms with Crippen LogP contribution in [-0.4, -0.2) is 18.9 Å². The monoisotopic (exact) mass is 392 g/mol. The minimum Gasteiger partial charge on any atom is -0.497 e. The second-order valence-corrected chi connectivity index (χ2v) is 7.09. The van der Waals surface area contributed by atoms with Gasteiger partial charge in [-0.25, -0.2) is 4.79 Å². The molecule has 2 aromatic carbocycles. The molecular formula is C22H16O5S. The zero-order chi connectivity index (χ0) is 19.7. The Labute approximate surface area is 165 Å². The number of carbonyl (C=O) groups excluding carboxylic acids is 2. The molecule has 0 aliphatic carbocycles. The lowest BCUT2D eigenvalue weighted by Gasteiger charge is -2.09. The largest absolute Gasteiger partial charge is 0.497 e. The summed E-state index contributed by atoms with van der Waals surface area (Å²) < 4.78 is 16.4. The number of methoxy groups -OCH3 is 1. The van der Waals surface area contributed by atoms with E-state index in [1.807, 2.05) is 29.6 Å². The van der Waals surface area contributed by atoms with E-state index in [1.165, 1.54) is 11.3 Å². The fourth-order valence-corrected chi connectivity index (χ4v) is 3.47. The Morgan fingerprint density at radius 3 is 2.57 bits per heavy atom. The maximum atomic E-state index is 12.7. The van der Waals surface area contributed by atoms with Crippen LogP contribution in [0.15, 0.2) is 59.7 Å². The van der Waals surface area contributed by atoms with Crippen LogP contribution in [0.25, 0.3) is 6.08 Å². The minimum absolute atomic E-state index is 0.204. The molecule has 0 bridgehead atoms. The van der Waals surface area contributed by atoms with Gasteiger partial charge in [-0.3, -0.25) is 4.79 Å². The lowest BCUT2D eigenvalue weighted by Crippen LogP contribution is -2.07. The average molecular weight is 392 g/mol. The van der Waals surface area contributed by atoms with Gasteiger partial charge >= 0.3 is 5.97 Å². The van der Waals surface area contributed by atoms with Crippen molar-refractivity contribution in [2.45, 2.75) is 6.92 Å². The van der Waals surface area contributed by atoms with Crippen molar-refractivity contribution in [3.63, 3.8) is 0 Å². The number of fused-ring (bicyclic) bond motifs is 1. The molecule has 28 heavy (non-hydrogen) atoms. The highest BCUT2D eigenvalue weighted by molar-refractivity contribution is 7.12. The van der Waals surface area contributed by atoms with Crippen molar-refractivity contribution in [1.82, 2.24) is 0 Å². The number of Topliss-reactive ketones (excluding diaryl/α,β-unsaturated/α-hetero) is 1. The first kappa shape index (κ1) is 18.0. The summed E-state index contributed by atoms with van der Waals surface area (Å²) in [5.41, 5.74) is 1.88. The summed E-state index contributed by atoms with van der Waals surface area (Å²) in [5, 5.41) is 1.81. The fourth-order valence-electron chi connectivity index (χ4n) is 2.87. The number of carbonyl (C=O) groups is 2. The average Bonchev–Trinajstić information content (AvgIpc) is 3.35. The van der Waals surface area contributed by atoms with E-state index in [2.05, 4.69) is 0 Å². The summed E-state index contributed by atoms with van der Waals surface area (Å²) in [4.78, 5) is 25.4. The standard InChI is InChI=1S/C22H16O5S/c1-13-17(27-22(24)19-4-3-11-28-19)10-9-16-20(23)18(26-21(13)16)12-14-5-7-15(25-2)8-6-14/h3-12H,1-2H3/b18-12-. The van der Waals surface area contributed by atoms with Crippen LogP contribution in [0.5, 0.6) is 17.2 Å². The molecule has 0 unspecified atom stereocenters. The second-order valence-electron chi connectivity index (χ2n) is 6.15. The molecule has 1 aromatic heterocycles. The topological polar surface area (TPSA) is 61.8 Å². The van der Waals surface area contributed by atoms with Crippen LogP contribution >= 0.6 is 11.3 Å². The van der Waals surface area contributed by atoms with Gasteiger partial charge in [0.05, 0.1) is 12.7 Å². The highest BCUT2D eigenvalue weighted by Gasteiger charge is 2.30. The second kappa shape index (κ2) is 7.32. The number of rotatable bonds is 4. The first-order chi connectivity index (χ1) is 13.6. The third kappa shape index (κ3) is 3.30. The zero-order valence-corrected chi connectivity index (χ0v) is 16.0. The lowest BCUT2D eigenvalue weighted by molar-refractivity contribution is 0.0738. The maximum Gasteiger partial charge on any atom is 0.353 e. The van der Waals surface area contributed by atoms with Crippen LogP contribution in [0.3, 0.4) is 0 Å². The van der Waals surface area contributed by atoms with Crippen LogP contribution in [0.1, 0.15) is 31.2 Å². The molecule has 3 aromatic rings. The summed E-state index contributed by atoms with van der Waals surface area (Å²) in [6, 6.07) is 14.0. The van der Waals surface area contributed by atoms with Crippen LogP contribution < -0.4 is 14.2 Å². The van der Waals surface area contributed by atoms with E-state index in [1.54, 1.807) is 44.4 Å². The number of thiophene rings is 1. The van der Waals surface area contributed by atoms with Gasteiger partial charge in [-0.05, 0) is 54.3 Å². The van der Waals surface area contributed by atoms with Gasteiger partial charge in [0.2, 0.25) is 5.78 Å². The SMILES string of the molecule is COc1ccc(/C=C2\Oc3c(ccc(OC(=O)c4cccs4)c3C)C2=O)cc1. The predicted molar refractivity (Wildman–Crippen MR) is 106 cm³/mol. The molecule has 0 N–H and O–H groups in total. The quantitative estimate of drug-likeness (QED) is 0.359. The number of ketones is 1. The van der Waals surface area contributed by atoms with Gasteiger partial charge in [0, 0.05) is 5.56 Å². The van der Waals surface area contributed by atoms with Crippen molar-refractivity contribution in [1.29, 1.82) is 0 Å². The summed E-state index contributed by atoms with van der Waals surface area (Å²) in [6.45, 7) is 1.76. The molecule has 0 saturated heterocycles. The van der Waals surface area contributed by atoms with Crippen molar-refractivity contribution in [3.05, 3.63) is 81.2 Å². The molecule has 2 heterocycles. The first-order valence-corrected chi connectivity index (χ1v) is 9.42. The third-order valence-electron chi connectivity index (χ3n) is 4.38. The molecular weight excluding hydrogens is 376 g/mol. The number of esters is 1. The van der Waals surface area contributed by atoms with Crippen LogP contribution in [0.4, 0.5) is 0 Å². The molecule has 0 radical (unpaired) electrons. The van der Waals surface area contributed by atoms with E-state index in [0.29, 0.717) is 27.5 Å². The van der Waals surface area contributed by atoms with E-state index in [0.717, 1.165) is 11.3 Å². The Morgan fingerprint density at radius 1 is 1.11 bits per heavy atom. The highest BCUT2D eigenvalue weighted by atomic mass is 32.1. The van der Waals surface area contributed by atoms with Crippen molar-refractivity contribution in [2.75, 3.05) is 7.11 Å². The number of ether oxygens (including phenoxy) is 3. The Hall–Kier alpha value is -3.38. The molecule has 0 amide bonds. The molecule has 4 rings (SSSR count). The van der Waals surface area contributed by atoms with Gasteiger partial charge in [-0.2, -0.15) is 0 Å². The van der Waals surface area contributed by atoms with Gasteiger partial charge in [0.15, 0.2) is 5.76 Å². The van der Waals surface area contributed by atoms with Crippen molar-refractivity contribution in [2.24, 2.45) is 0 Å². The number of hydrogen-bond acceptors (Lipinski definition) is 6.